The van der Waals surface area contributed by atoms with E-state index in [2.05, 4.69) is 12.1 Å². The van der Waals surface area contributed by atoms with Gasteiger partial charge in [0.1, 0.15) is 12.4 Å². The Morgan fingerprint density at radius 2 is 2.43 bits per heavy atom. The lowest BCUT2D eigenvalue weighted by molar-refractivity contribution is 0.202. The number of ether oxygens (including phenoxy) is 2. The number of rotatable bonds is 3. The first-order valence-corrected chi connectivity index (χ1v) is 4.81. The highest BCUT2D eigenvalue weighted by Crippen LogP contribution is 2.31. The standard InChI is InChI=1S/C11H15NO2/c1-13-5-4-8-2-3-11-9(6-8)10(12)7-14-11/h2-3,6,10H,4-5,7,12H2,1H3/t10-/m0/s1. The highest BCUT2D eigenvalue weighted by atomic mass is 16.5. The topological polar surface area (TPSA) is 44.5 Å². The van der Waals surface area contributed by atoms with Gasteiger partial charge >= 0.3 is 0 Å². The van der Waals surface area contributed by atoms with Crippen molar-refractivity contribution in [3.8, 4) is 5.75 Å². The van der Waals surface area contributed by atoms with Crippen molar-refractivity contribution in [2.24, 2.45) is 5.73 Å². The molecule has 0 aliphatic carbocycles. The van der Waals surface area contributed by atoms with E-state index in [9.17, 15) is 0 Å². The fourth-order valence-corrected chi connectivity index (χ4v) is 1.66. The van der Waals surface area contributed by atoms with Crippen molar-refractivity contribution >= 4 is 0 Å². The van der Waals surface area contributed by atoms with Gasteiger partial charge in [0.05, 0.1) is 12.6 Å². The average Bonchev–Trinajstić information content (AvgIpc) is 2.57. The van der Waals surface area contributed by atoms with Crippen LogP contribution in [0, 0.1) is 0 Å². The minimum atomic E-state index is 0.0347. The third kappa shape index (κ3) is 1.74. The molecule has 1 aromatic rings. The molecule has 0 fully saturated rings. The SMILES string of the molecule is COCCc1ccc2c(c1)[C@@H](N)CO2. The van der Waals surface area contributed by atoms with Gasteiger partial charge in [0, 0.05) is 12.7 Å². The molecule has 14 heavy (non-hydrogen) atoms. The van der Waals surface area contributed by atoms with Crippen molar-refractivity contribution in [1.29, 1.82) is 0 Å². The van der Waals surface area contributed by atoms with Crippen molar-refractivity contribution in [3.05, 3.63) is 29.3 Å². The first-order valence-electron chi connectivity index (χ1n) is 4.81. The van der Waals surface area contributed by atoms with E-state index in [0.717, 1.165) is 24.3 Å². The number of fused-ring (bicyclic) bond motifs is 1. The molecule has 2 rings (SSSR count). The maximum Gasteiger partial charge on any atom is 0.124 e. The van der Waals surface area contributed by atoms with Crippen LogP contribution in [0.3, 0.4) is 0 Å². The molecule has 1 atom stereocenters. The fraction of sp³-hybridized carbons (Fsp3) is 0.455. The van der Waals surface area contributed by atoms with Crippen LogP contribution < -0.4 is 10.5 Å². The van der Waals surface area contributed by atoms with Crippen molar-refractivity contribution < 1.29 is 9.47 Å². The first kappa shape index (κ1) is 9.49. The van der Waals surface area contributed by atoms with E-state index in [-0.39, 0.29) is 6.04 Å². The summed E-state index contributed by atoms with van der Waals surface area (Å²) < 4.78 is 10.4. The van der Waals surface area contributed by atoms with Crippen LogP contribution >= 0.6 is 0 Å². The van der Waals surface area contributed by atoms with Gasteiger partial charge in [-0.15, -0.1) is 0 Å². The Balaban J connectivity index is 2.17. The third-order valence-electron chi connectivity index (χ3n) is 2.49. The van der Waals surface area contributed by atoms with Gasteiger partial charge in [0.15, 0.2) is 0 Å². The number of hydrogen-bond donors (Lipinski definition) is 1. The summed E-state index contributed by atoms with van der Waals surface area (Å²) in [6, 6.07) is 6.21. The molecule has 0 aromatic heterocycles. The third-order valence-corrected chi connectivity index (χ3v) is 2.49. The van der Waals surface area contributed by atoms with Gasteiger partial charge < -0.3 is 15.2 Å². The van der Waals surface area contributed by atoms with Crippen LogP contribution in [0.2, 0.25) is 0 Å². The number of hydrogen-bond acceptors (Lipinski definition) is 3. The molecule has 1 aliphatic rings. The summed E-state index contributed by atoms with van der Waals surface area (Å²) in [6.45, 7) is 1.35. The molecule has 0 radical (unpaired) electrons. The monoisotopic (exact) mass is 193 g/mol. The van der Waals surface area contributed by atoms with Crippen LogP contribution in [0.25, 0.3) is 0 Å². The summed E-state index contributed by atoms with van der Waals surface area (Å²) in [7, 11) is 1.71. The normalized spacial score (nSPS) is 19.1. The molecular weight excluding hydrogens is 178 g/mol. The molecule has 3 heteroatoms. The Morgan fingerprint density at radius 1 is 1.57 bits per heavy atom. The summed E-state index contributed by atoms with van der Waals surface area (Å²) in [5.74, 6) is 0.929. The quantitative estimate of drug-likeness (QED) is 0.786. The maximum atomic E-state index is 5.89. The van der Waals surface area contributed by atoms with E-state index in [4.69, 9.17) is 15.2 Å². The number of methoxy groups -OCH3 is 1. The van der Waals surface area contributed by atoms with Crippen molar-refractivity contribution in [2.75, 3.05) is 20.3 Å². The molecule has 0 amide bonds. The fourth-order valence-electron chi connectivity index (χ4n) is 1.66. The van der Waals surface area contributed by atoms with Gasteiger partial charge in [-0.25, -0.2) is 0 Å². The molecule has 0 saturated heterocycles. The zero-order valence-corrected chi connectivity index (χ0v) is 8.32. The predicted octanol–water partition coefficient (Wildman–Crippen LogP) is 1.27. The van der Waals surface area contributed by atoms with E-state index < -0.39 is 0 Å². The molecule has 1 aromatic carbocycles. The van der Waals surface area contributed by atoms with E-state index in [1.54, 1.807) is 7.11 Å². The van der Waals surface area contributed by atoms with Crippen LogP contribution in [0.15, 0.2) is 18.2 Å². The highest BCUT2D eigenvalue weighted by Gasteiger charge is 2.20. The molecule has 0 saturated carbocycles. The molecule has 0 unspecified atom stereocenters. The Hall–Kier alpha value is -1.06. The van der Waals surface area contributed by atoms with Gasteiger partial charge in [-0.3, -0.25) is 0 Å². The Kier molecular flexibility index (Phi) is 2.70. The zero-order chi connectivity index (χ0) is 9.97. The molecule has 1 heterocycles. The first-order chi connectivity index (χ1) is 6.81. The zero-order valence-electron chi connectivity index (χ0n) is 8.32. The Morgan fingerprint density at radius 3 is 3.21 bits per heavy atom. The van der Waals surface area contributed by atoms with Gasteiger partial charge in [0.25, 0.3) is 0 Å². The molecule has 2 N–H and O–H groups in total. The minimum Gasteiger partial charge on any atom is -0.491 e. The van der Waals surface area contributed by atoms with Crippen LogP contribution in [-0.4, -0.2) is 20.3 Å². The molecular formula is C11H15NO2. The van der Waals surface area contributed by atoms with Crippen LogP contribution in [0.4, 0.5) is 0 Å². The van der Waals surface area contributed by atoms with E-state index in [1.165, 1.54) is 5.56 Å². The average molecular weight is 193 g/mol. The summed E-state index contributed by atoms with van der Waals surface area (Å²) in [5.41, 5.74) is 8.27. The van der Waals surface area contributed by atoms with Crippen LogP contribution in [-0.2, 0) is 11.2 Å². The smallest absolute Gasteiger partial charge is 0.124 e. The molecule has 3 nitrogen and oxygen atoms in total. The lowest BCUT2D eigenvalue weighted by atomic mass is 10.0. The number of benzene rings is 1. The van der Waals surface area contributed by atoms with Gasteiger partial charge in [-0.05, 0) is 18.1 Å². The molecule has 0 spiro atoms. The van der Waals surface area contributed by atoms with E-state index in [0.29, 0.717) is 6.61 Å². The Labute approximate surface area is 83.8 Å². The summed E-state index contributed by atoms with van der Waals surface area (Å²) >= 11 is 0. The lowest BCUT2D eigenvalue weighted by Crippen LogP contribution is -2.11. The van der Waals surface area contributed by atoms with Crippen molar-refractivity contribution in [1.82, 2.24) is 0 Å². The van der Waals surface area contributed by atoms with E-state index >= 15 is 0 Å². The summed E-state index contributed by atoms with van der Waals surface area (Å²) in [6.07, 6.45) is 0.927. The summed E-state index contributed by atoms with van der Waals surface area (Å²) in [4.78, 5) is 0. The predicted molar refractivity (Wildman–Crippen MR) is 54.4 cm³/mol. The molecule has 76 valence electrons. The van der Waals surface area contributed by atoms with Crippen molar-refractivity contribution in [2.45, 2.75) is 12.5 Å². The lowest BCUT2D eigenvalue weighted by Gasteiger charge is -2.04. The van der Waals surface area contributed by atoms with Gasteiger partial charge in [0.2, 0.25) is 0 Å². The van der Waals surface area contributed by atoms with Crippen molar-refractivity contribution in [3.63, 3.8) is 0 Å². The summed E-state index contributed by atoms with van der Waals surface area (Å²) in [5, 5.41) is 0. The Bertz CT molecular complexity index is 325. The van der Waals surface area contributed by atoms with Crippen LogP contribution in [0.5, 0.6) is 5.75 Å². The van der Waals surface area contributed by atoms with E-state index in [1.807, 2.05) is 6.07 Å². The second kappa shape index (κ2) is 3.98. The maximum absolute atomic E-state index is 5.89. The second-order valence-electron chi connectivity index (χ2n) is 3.53. The highest BCUT2D eigenvalue weighted by molar-refractivity contribution is 5.42. The van der Waals surface area contributed by atoms with Gasteiger partial charge in [-0.1, -0.05) is 12.1 Å². The largest absolute Gasteiger partial charge is 0.491 e. The minimum absolute atomic E-state index is 0.0347. The molecule has 0 bridgehead atoms. The number of nitrogens with two attached hydrogens (primary N) is 1. The van der Waals surface area contributed by atoms with Gasteiger partial charge in [-0.2, -0.15) is 0 Å². The second-order valence-corrected chi connectivity index (χ2v) is 3.53. The van der Waals surface area contributed by atoms with Crippen LogP contribution in [0.1, 0.15) is 17.2 Å². The molecule has 1 aliphatic heterocycles.